The number of benzene rings is 4. The van der Waals surface area contributed by atoms with Gasteiger partial charge in [0.05, 0.1) is 10.6 Å². The van der Waals surface area contributed by atoms with E-state index in [1.54, 1.807) is 42.5 Å². The molecule has 0 radical (unpaired) electrons. The topological polar surface area (TPSA) is 86.8 Å². The number of nitrogens with one attached hydrogen (secondary N) is 1. The highest BCUT2D eigenvalue weighted by molar-refractivity contribution is 7.92. The molecule has 0 aliphatic heterocycles. The fourth-order valence-corrected chi connectivity index (χ4v) is 6.98. The zero-order chi connectivity index (χ0) is 33.3. The van der Waals surface area contributed by atoms with E-state index in [2.05, 4.69) is 5.32 Å². The molecule has 2 amide bonds. The number of aryl methyl sites for hydroxylation is 3. The lowest BCUT2D eigenvalue weighted by atomic mass is 10.0. The molecular formula is C37H42ClN3O4S. The summed E-state index contributed by atoms with van der Waals surface area (Å²) in [6, 6.07) is 27.7. The number of halogens is 1. The number of sulfonamides is 1. The lowest BCUT2D eigenvalue weighted by Gasteiger charge is -2.34. The predicted molar refractivity (Wildman–Crippen MR) is 185 cm³/mol. The molecule has 242 valence electrons. The molecule has 4 aromatic rings. The standard InChI is InChI=1S/C37H42ClN3O4S/c1-5-6-22-39-37(43)35(24-30-12-8-7-9-13-30)40(25-31-14-10-11-15-33(31)38)36(42)26-41(34-21-18-28(3)23-29(34)4)46(44,45)32-19-16-27(2)17-20-32/h7-21,23,35H,5-6,22,24-26H2,1-4H3,(H,39,43)/t35-/m0/s1. The number of rotatable bonds is 14. The minimum Gasteiger partial charge on any atom is -0.354 e. The third kappa shape index (κ3) is 8.77. The van der Waals surface area contributed by atoms with Crippen LogP contribution in [0.5, 0.6) is 0 Å². The first-order chi connectivity index (χ1) is 22.0. The summed E-state index contributed by atoms with van der Waals surface area (Å²) in [5, 5.41) is 3.45. The second-order valence-corrected chi connectivity index (χ2v) is 13.8. The summed E-state index contributed by atoms with van der Waals surface area (Å²) >= 11 is 6.58. The molecule has 0 spiro atoms. The molecule has 7 nitrogen and oxygen atoms in total. The van der Waals surface area contributed by atoms with E-state index in [-0.39, 0.29) is 23.8 Å². The molecule has 0 saturated carbocycles. The summed E-state index contributed by atoms with van der Waals surface area (Å²) < 4.78 is 29.7. The minimum atomic E-state index is -4.18. The summed E-state index contributed by atoms with van der Waals surface area (Å²) in [6.07, 6.45) is 1.93. The average molecular weight is 660 g/mol. The van der Waals surface area contributed by atoms with E-state index >= 15 is 0 Å². The van der Waals surface area contributed by atoms with Gasteiger partial charge in [0.1, 0.15) is 12.6 Å². The second-order valence-electron chi connectivity index (χ2n) is 11.6. The Labute approximate surface area is 278 Å². The monoisotopic (exact) mass is 659 g/mol. The van der Waals surface area contributed by atoms with Crippen LogP contribution in [0.2, 0.25) is 5.02 Å². The lowest BCUT2D eigenvalue weighted by Crippen LogP contribution is -2.53. The van der Waals surface area contributed by atoms with Crippen molar-refractivity contribution in [3.8, 4) is 0 Å². The molecule has 1 atom stereocenters. The van der Waals surface area contributed by atoms with Gasteiger partial charge in [0.2, 0.25) is 11.8 Å². The summed E-state index contributed by atoms with van der Waals surface area (Å²) in [6.45, 7) is 7.64. The highest BCUT2D eigenvalue weighted by atomic mass is 35.5. The quantitative estimate of drug-likeness (QED) is 0.148. The third-order valence-corrected chi connectivity index (χ3v) is 10.1. The van der Waals surface area contributed by atoms with Gasteiger partial charge in [-0.25, -0.2) is 8.42 Å². The first-order valence-electron chi connectivity index (χ1n) is 15.5. The van der Waals surface area contributed by atoms with Crippen molar-refractivity contribution >= 4 is 39.1 Å². The van der Waals surface area contributed by atoms with Crippen molar-refractivity contribution in [2.75, 3.05) is 17.4 Å². The molecule has 0 aromatic heterocycles. The highest BCUT2D eigenvalue weighted by Gasteiger charge is 2.35. The van der Waals surface area contributed by atoms with Crippen LogP contribution >= 0.6 is 11.6 Å². The number of nitrogens with zero attached hydrogens (tertiary/aromatic N) is 2. The lowest BCUT2D eigenvalue weighted by molar-refractivity contribution is -0.140. The van der Waals surface area contributed by atoms with Crippen LogP contribution in [0.1, 0.15) is 47.6 Å². The maximum atomic E-state index is 14.6. The highest BCUT2D eigenvalue weighted by Crippen LogP contribution is 2.29. The van der Waals surface area contributed by atoms with Gasteiger partial charge in [0.25, 0.3) is 10.0 Å². The number of unbranched alkanes of at least 4 members (excludes halogenated alkanes) is 1. The molecule has 0 aliphatic carbocycles. The van der Waals surface area contributed by atoms with Crippen LogP contribution in [0.15, 0.2) is 102 Å². The molecule has 0 unspecified atom stereocenters. The van der Waals surface area contributed by atoms with Gasteiger partial charge in [-0.2, -0.15) is 0 Å². The minimum absolute atomic E-state index is 0.0164. The normalized spacial score (nSPS) is 11.9. The van der Waals surface area contributed by atoms with Crippen molar-refractivity contribution in [3.63, 3.8) is 0 Å². The Morgan fingerprint density at radius 3 is 2.15 bits per heavy atom. The van der Waals surface area contributed by atoms with Crippen LogP contribution in [-0.4, -0.2) is 44.3 Å². The largest absolute Gasteiger partial charge is 0.354 e. The van der Waals surface area contributed by atoms with Crippen LogP contribution in [0.4, 0.5) is 5.69 Å². The van der Waals surface area contributed by atoms with Crippen molar-refractivity contribution in [1.29, 1.82) is 0 Å². The molecule has 9 heteroatoms. The van der Waals surface area contributed by atoms with Gasteiger partial charge in [0, 0.05) is 24.5 Å². The number of hydrogen-bond donors (Lipinski definition) is 1. The Kier molecular flexibility index (Phi) is 12.0. The maximum Gasteiger partial charge on any atom is 0.264 e. The third-order valence-electron chi connectivity index (χ3n) is 7.91. The van der Waals surface area contributed by atoms with Gasteiger partial charge in [-0.1, -0.05) is 109 Å². The Bertz CT molecular complexity index is 1740. The summed E-state index contributed by atoms with van der Waals surface area (Å²) in [5.41, 5.74) is 4.50. The smallest absolute Gasteiger partial charge is 0.264 e. The number of amides is 2. The fraction of sp³-hybridized carbons (Fsp3) is 0.297. The maximum absolute atomic E-state index is 14.6. The molecule has 0 heterocycles. The van der Waals surface area contributed by atoms with Crippen molar-refractivity contribution < 1.29 is 18.0 Å². The molecule has 4 aromatic carbocycles. The zero-order valence-corrected chi connectivity index (χ0v) is 28.4. The predicted octanol–water partition coefficient (Wildman–Crippen LogP) is 7.02. The van der Waals surface area contributed by atoms with E-state index in [0.717, 1.165) is 33.8 Å². The van der Waals surface area contributed by atoms with E-state index in [9.17, 15) is 18.0 Å². The van der Waals surface area contributed by atoms with Crippen molar-refractivity contribution in [1.82, 2.24) is 10.2 Å². The van der Waals surface area contributed by atoms with Crippen LogP contribution in [0.3, 0.4) is 0 Å². The van der Waals surface area contributed by atoms with E-state index in [1.165, 1.54) is 4.90 Å². The van der Waals surface area contributed by atoms with Crippen LogP contribution in [-0.2, 0) is 32.6 Å². The van der Waals surface area contributed by atoms with Crippen LogP contribution in [0.25, 0.3) is 0 Å². The SMILES string of the molecule is CCCCNC(=O)[C@H](Cc1ccccc1)N(Cc1ccccc1Cl)C(=O)CN(c1ccc(C)cc1C)S(=O)(=O)c1ccc(C)cc1. The van der Waals surface area contributed by atoms with Gasteiger partial charge in [-0.05, 0) is 68.1 Å². The molecule has 0 fully saturated rings. The first kappa shape index (κ1) is 34.7. The molecule has 0 aliphatic rings. The Morgan fingerprint density at radius 1 is 0.848 bits per heavy atom. The van der Waals surface area contributed by atoms with Crippen LogP contribution < -0.4 is 9.62 Å². The number of carbonyl (C=O) groups is 2. The molecule has 0 saturated heterocycles. The zero-order valence-electron chi connectivity index (χ0n) is 26.9. The van der Waals surface area contributed by atoms with Gasteiger partial charge in [-0.15, -0.1) is 0 Å². The van der Waals surface area contributed by atoms with Crippen LogP contribution in [0, 0.1) is 20.8 Å². The number of anilines is 1. The second kappa shape index (κ2) is 15.9. The summed E-state index contributed by atoms with van der Waals surface area (Å²) in [4.78, 5) is 30.0. The van der Waals surface area contributed by atoms with Crippen molar-refractivity contribution in [2.45, 2.75) is 64.4 Å². The van der Waals surface area contributed by atoms with Gasteiger partial charge in [0.15, 0.2) is 0 Å². The summed E-state index contributed by atoms with van der Waals surface area (Å²) in [7, 11) is -4.18. The van der Waals surface area contributed by atoms with Crippen molar-refractivity contribution in [3.05, 3.63) is 130 Å². The first-order valence-corrected chi connectivity index (χ1v) is 17.3. The molecule has 1 N–H and O–H groups in total. The molecule has 0 bridgehead atoms. The Balaban J connectivity index is 1.82. The van der Waals surface area contributed by atoms with E-state index in [0.29, 0.717) is 28.4 Å². The Hall–Kier alpha value is -4.14. The number of hydrogen-bond acceptors (Lipinski definition) is 4. The van der Waals surface area contributed by atoms with Crippen molar-refractivity contribution in [2.24, 2.45) is 0 Å². The van der Waals surface area contributed by atoms with Gasteiger partial charge < -0.3 is 10.2 Å². The van der Waals surface area contributed by atoms with E-state index in [1.807, 2.05) is 82.3 Å². The average Bonchev–Trinajstić information content (AvgIpc) is 3.03. The number of carbonyl (C=O) groups excluding carboxylic acids is 2. The summed E-state index contributed by atoms with van der Waals surface area (Å²) in [5.74, 6) is -0.834. The van der Waals surface area contributed by atoms with Gasteiger partial charge in [-0.3, -0.25) is 13.9 Å². The molecule has 46 heavy (non-hydrogen) atoms. The Morgan fingerprint density at radius 2 is 1.50 bits per heavy atom. The van der Waals surface area contributed by atoms with Gasteiger partial charge >= 0.3 is 0 Å². The van der Waals surface area contributed by atoms with E-state index in [4.69, 9.17) is 11.6 Å². The van der Waals surface area contributed by atoms with E-state index < -0.39 is 28.5 Å². The molecular weight excluding hydrogens is 618 g/mol. The molecule has 4 rings (SSSR count). The fourth-order valence-electron chi connectivity index (χ4n) is 5.31.